The number of carbonyl (C=O) groups is 1. The zero-order valence-electron chi connectivity index (χ0n) is 9.81. The first kappa shape index (κ1) is 13.4. The molecular formula is C14H10BrFN2O. The average molecular weight is 321 g/mol. The van der Waals surface area contributed by atoms with Gasteiger partial charge < -0.3 is 5.32 Å². The molecule has 5 heteroatoms. The number of halogens is 2. The number of aromatic nitrogens is 1. The van der Waals surface area contributed by atoms with Crippen molar-refractivity contribution in [1.82, 2.24) is 4.98 Å². The summed E-state index contributed by atoms with van der Waals surface area (Å²) in [6.07, 6.45) is 4.13. The normalized spacial score (nSPS) is 10.6. The van der Waals surface area contributed by atoms with Crippen molar-refractivity contribution in [3.05, 3.63) is 64.5 Å². The van der Waals surface area contributed by atoms with Crippen molar-refractivity contribution in [3.8, 4) is 0 Å². The SMILES string of the molecule is O=C(/C=C/c1ccccc1)Nc1ncc(F)cc1Br. The van der Waals surface area contributed by atoms with Gasteiger partial charge in [0.1, 0.15) is 11.6 Å². The Morgan fingerprint density at radius 1 is 1.32 bits per heavy atom. The molecule has 0 aliphatic rings. The Labute approximate surface area is 118 Å². The summed E-state index contributed by atoms with van der Waals surface area (Å²) in [4.78, 5) is 15.5. The van der Waals surface area contributed by atoms with Gasteiger partial charge in [-0.1, -0.05) is 30.3 Å². The summed E-state index contributed by atoms with van der Waals surface area (Å²) in [6.45, 7) is 0. The summed E-state index contributed by atoms with van der Waals surface area (Å²) < 4.78 is 13.2. The molecule has 3 nitrogen and oxygen atoms in total. The number of nitrogens with zero attached hydrogens (tertiary/aromatic N) is 1. The van der Waals surface area contributed by atoms with Crippen molar-refractivity contribution in [2.75, 3.05) is 5.32 Å². The zero-order valence-corrected chi connectivity index (χ0v) is 11.4. The van der Waals surface area contributed by atoms with Crippen molar-refractivity contribution in [1.29, 1.82) is 0 Å². The second kappa shape index (κ2) is 6.24. The Morgan fingerprint density at radius 3 is 2.74 bits per heavy atom. The molecule has 1 heterocycles. The Balaban J connectivity index is 2.04. The van der Waals surface area contributed by atoms with Crippen LogP contribution in [-0.2, 0) is 4.79 Å². The lowest BCUT2D eigenvalue weighted by Gasteiger charge is -2.03. The maximum atomic E-state index is 12.8. The molecule has 96 valence electrons. The second-order valence-corrected chi connectivity index (χ2v) is 4.57. The molecule has 0 bridgehead atoms. The van der Waals surface area contributed by atoms with E-state index in [0.717, 1.165) is 11.8 Å². The van der Waals surface area contributed by atoms with Crippen LogP contribution in [0.25, 0.3) is 6.08 Å². The maximum Gasteiger partial charge on any atom is 0.249 e. The maximum absolute atomic E-state index is 12.8. The van der Waals surface area contributed by atoms with Crippen LogP contribution in [-0.4, -0.2) is 10.9 Å². The largest absolute Gasteiger partial charge is 0.306 e. The fraction of sp³-hybridized carbons (Fsp3) is 0. The van der Waals surface area contributed by atoms with Crippen LogP contribution in [0.3, 0.4) is 0 Å². The topological polar surface area (TPSA) is 42.0 Å². The van der Waals surface area contributed by atoms with Crippen LogP contribution >= 0.6 is 15.9 Å². The minimum Gasteiger partial charge on any atom is -0.306 e. The van der Waals surface area contributed by atoms with Crippen molar-refractivity contribution in [2.24, 2.45) is 0 Å². The van der Waals surface area contributed by atoms with Crippen LogP contribution in [0.15, 0.2) is 53.1 Å². The molecule has 2 aromatic rings. The quantitative estimate of drug-likeness (QED) is 0.877. The predicted octanol–water partition coefficient (Wildman–Crippen LogP) is 3.64. The molecule has 2 rings (SSSR count). The van der Waals surface area contributed by atoms with E-state index in [1.807, 2.05) is 30.3 Å². The number of anilines is 1. The summed E-state index contributed by atoms with van der Waals surface area (Å²) in [6, 6.07) is 10.7. The van der Waals surface area contributed by atoms with Crippen LogP contribution in [0.1, 0.15) is 5.56 Å². The van der Waals surface area contributed by atoms with Gasteiger partial charge in [0.15, 0.2) is 0 Å². The highest BCUT2D eigenvalue weighted by Gasteiger charge is 2.05. The fourth-order valence-corrected chi connectivity index (χ4v) is 1.82. The molecule has 0 aliphatic carbocycles. The van der Waals surface area contributed by atoms with Gasteiger partial charge in [-0.3, -0.25) is 4.79 Å². The molecule has 0 saturated heterocycles. The molecule has 1 aromatic carbocycles. The van der Waals surface area contributed by atoms with Gasteiger partial charge in [-0.25, -0.2) is 9.37 Å². The highest BCUT2D eigenvalue weighted by atomic mass is 79.9. The molecule has 1 aromatic heterocycles. The number of hydrogen-bond donors (Lipinski definition) is 1. The molecule has 0 fully saturated rings. The number of amides is 1. The Bertz CT molecular complexity index is 614. The number of nitrogens with one attached hydrogen (secondary N) is 1. The number of pyridine rings is 1. The molecule has 0 radical (unpaired) electrons. The van der Waals surface area contributed by atoms with Crippen molar-refractivity contribution < 1.29 is 9.18 Å². The number of carbonyl (C=O) groups excluding carboxylic acids is 1. The zero-order chi connectivity index (χ0) is 13.7. The van der Waals surface area contributed by atoms with E-state index in [1.54, 1.807) is 6.08 Å². The first-order valence-electron chi connectivity index (χ1n) is 5.50. The smallest absolute Gasteiger partial charge is 0.249 e. The summed E-state index contributed by atoms with van der Waals surface area (Å²) in [5.41, 5.74) is 0.920. The van der Waals surface area contributed by atoms with E-state index in [4.69, 9.17) is 0 Å². The minimum absolute atomic E-state index is 0.282. The first-order chi connectivity index (χ1) is 9.15. The van der Waals surface area contributed by atoms with Gasteiger partial charge in [-0.15, -0.1) is 0 Å². The highest BCUT2D eigenvalue weighted by molar-refractivity contribution is 9.10. The lowest BCUT2D eigenvalue weighted by Crippen LogP contribution is -2.09. The summed E-state index contributed by atoms with van der Waals surface area (Å²) in [5, 5.41) is 2.56. The number of hydrogen-bond acceptors (Lipinski definition) is 2. The Kier molecular flexibility index (Phi) is 4.41. The third-order valence-corrected chi connectivity index (χ3v) is 2.88. The van der Waals surface area contributed by atoms with Gasteiger partial charge in [-0.2, -0.15) is 0 Å². The van der Waals surface area contributed by atoms with E-state index < -0.39 is 5.82 Å². The van der Waals surface area contributed by atoms with Crippen LogP contribution < -0.4 is 5.32 Å². The van der Waals surface area contributed by atoms with Crippen LogP contribution in [0.5, 0.6) is 0 Å². The first-order valence-corrected chi connectivity index (χ1v) is 6.29. The summed E-state index contributed by atoms with van der Waals surface area (Å²) in [7, 11) is 0. The van der Waals surface area contributed by atoms with Gasteiger partial charge in [-0.05, 0) is 33.6 Å². The van der Waals surface area contributed by atoms with Crippen molar-refractivity contribution in [3.63, 3.8) is 0 Å². The molecule has 0 unspecified atom stereocenters. The molecule has 0 atom stereocenters. The molecule has 1 amide bonds. The second-order valence-electron chi connectivity index (χ2n) is 3.72. The van der Waals surface area contributed by atoms with E-state index in [1.165, 1.54) is 12.1 Å². The van der Waals surface area contributed by atoms with Gasteiger partial charge in [0, 0.05) is 6.08 Å². The average Bonchev–Trinajstić information content (AvgIpc) is 2.41. The summed E-state index contributed by atoms with van der Waals surface area (Å²) >= 11 is 3.13. The Hall–Kier alpha value is -2.01. The van der Waals surface area contributed by atoms with E-state index >= 15 is 0 Å². The van der Waals surface area contributed by atoms with Crippen LogP contribution in [0.2, 0.25) is 0 Å². The van der Waals surface area contributed by atoms with Crippen molar-refractivity contribution >= 4 is 33.7 Å². The Morgan fingerprint density at radius 2 is 2.05 bits per heavy atom. The van der Waals surface area contributed by atoms with E-state index in [2.05, 4.69) is 26.2 Å². The standard InChI is InChI=1S/C14H10BrFN2O/c15-12-8-11(16)9-17-14(12)18-13(19)7-6-10-4-2-1-3-5-10/h1-9H,(H,17,18,19)/b7-6+. The minimum atomic E-state index is -0.468. The van der Waals surface area contributed by atoms with Gasteiger partial charge in [0.2, 0.25) is 5.91 Å². The third kappa shape index (κ3) is 3.99. The molecular weight excluding hydrogens is 311 g/mol. The van der Waals surface area contributed by atoms with E-state index in [-0.39, 0.29) is 11.7 Å². The number of rotatable bonds is 3. The molecule has 0 saturated carbocycles. The predicted molar refractivity (Wildman–Crippen MR) is 76.0 cm³/mol. The lowest BCUT2D eigenvalue weighted by molar-refractivity contribution is -0.111. The molecule has 1 N–H and O–H groups in total. The van der Waals surface area contributed by atoms with Crippen LogP contribution in [0, 0.1) is 5.82 Å². The van der Waals surface area contributed by atoms with Gasteiger partial charge in [0.05, 0.1) is 10.7 Å². The third-order valence-electron chi connectivity index (χ3n) is 2.28. The van der Waals surface area contributed by atoms with Gasteiger partial charge >= 0.3 is 0 Å². The van der Waals surface area contributed by atoms with Crippen LogP contribution in [0.4, 0.5) is 10.2 Å². The monoisotopic (exact) mass is 320 g/mol. The van der Waals surface area contributed by atoms with Crippen molar-refractivity contribution in [2.45, 2.75) is 0 Å². The molecule has 19 heavy (non-hydrogen) atoms. The lowest BCUT2D eigenvalue weighted by atomic mass is 10.2. The summed E-state index contributed by atoms with van der Waals surface area (Å²) in [5.74, 6) is -0.516. The highest BCUT2D eigenvalue weighted by Crippen LogP contribution is 2.20. The van der Waals surface area contributed by atoms with E-state index in [0.29, 0.717) is 4.47 Å². The van der Waals surface area contributed by atoms with Gasteiger partial charge in [0.25, 0.3) is 0 Å². The fourth-order valence-electron chi connectivity index (χ4n) is 1.40. The molecule has 0 spiro atoms. The van der Waals surface area contributed by atoms with E-state index in [9.17, 15) is 9.18 Å². The number of benzene rings is 1. The molecule has 0 aliphatic heterocycles.